The Labute approximate surface area is 193 Å². The summed E-state index contributed by atoms with van der Waals surface area (Å²) in [6.45, 7) is 6.10. The van der Waals surface area contributed by atoms with Crippen molar-refractivity contribution in [3.8, 4) is 5.75 Å². The van der Waals surface area contributed by atoms with Gasteiger partial charge in [-0.1, -0.05) is 35.5 Å². The summed E-state index contributed by atoms with van der Waals surface area (Å²) < 4.78 is 9.39. The van der Waals surface area contributed by atoms with E-state index in [0.717, 1.165) is 25.4 Å². The van der Waals surface area contributed by atoms with Gasteiger partial charge in [0.2, 0.25) is 0 Å². The number of fused-ring (bicyclic) bond motifs is 1. The molecule has 0 atom stereocenters. The van der Waals surface area contributed by atoms with Crippen molar-refractivity contribution in [2.24, 2.45) is 5.10 Å². The van der Waals surface area contributed by atoms with Gasteiger partial charge < -0.3 is 4.74 Å². The lowest BCUT2D eigenvalue weighted by atomic mass is 10.2. The van der Waals surface area contributed by atoms with E-state index in [-0.39, 0.29) is 5.56 Å². The SMILES string of the molecule is C=CCOc1c(Br)cc(C=Nn2c(CCC)nc3ccc(Br)cc3c2=O)cc1Br. The van der Waals surface area contributed by atoms with Gasteiger partial charge in [0.15, 0.2) is 0 Å². The van der Waals surface area contributed by atoms with E-state index in [0.29, 0.717) is 35.5 Å². The largest absolute Gasteiger partial charge is 0.487 e. The van der Waals surface area contributed by atoms with Gasteiger partial charge in [-0.15, -0.1) is 0 Å². The Morgan fingerprint density at radius 2 is 1.93 bits per heavy atom. The molecular weight excluding hydrogens is 566 g/mol. The smallest absolute Gasteiger partial charge is 0.282 e. The fourth-order valence-corrected chi connectivity index (χ4v) is 4.57. The van der Waals surface area contributed by atoms with Gasteiger partial charge in [-0.3, -0.25) is 4.79 Å². The Morgan fingerprint density at radius 1 is 1.21 bits per heavy atom. The predicted octanol–water partition coefficient (Wildman–Crippen LogP) is 6.08. The average Bonchev–Trinajstić information content (AvgIpc) is 2.68. The normalized spacial score (nSPS) is 11.3. The highest BCUT2D eigenvalue weighted by Gasteiger charge is 2.11. The molecule has 8 heteroatoms. The fraction of sp³-hybridized carbons (Fsp3) is 0.190. The van der Waals surface area contributed by atoms with Crippen LogP contribution in [0.4, 0.5) is 0 Å². The molecule has 0 aliphatic heterocycles. The van der Waals surface area contributed by atoms with E-state index < -0.39 is 0 Å². The molecule has 0 aliphatic carbocycles. The molecule has 0 radical (unpaired) electrons. The molecule has 0 bridgehead atoms. The standard InChI is InChI=1S/C21H18Br3N3O2/c1-3-5-19-26-18-7-6-14(22)11-15(18)21(28)27(19)25-12-13-9-16(23)20(17(24)10-13)29-8-4-2/h4,6-7,9-12H,2-3,5,8H2,1H3. The number of aromatic nitrogens is 2. The van der Waals surface area contributed by atoms with Crippen molar-refractivity contribution >= 4 is 64.9 Å². The molecule has 3 aromatic rings. The van der Waals surface area contributed by atoms with Crippen molar-refractivity contribution in [2.75, 3.05) is 6.61 Å². The van der Waals surface area contributed by atoms with Crippen LogP contribution in [0.25, 0.3) is 10.9 Å². The summed E-state index contributed by atoms with van der Waals surface area (Å²) in [7, 11) is 0. The van der Waals surface area contributed by atoms with E-state index in [2.05, 4.69) is 64.5 Å². The molecule has 3 rings (SSSR count). The lowest BCUT2D eigenvalue weighted by Gasteiger charge is -2.10. The zero-order valence-corrected chi connectivity index (χ0v) is 20.4. The average molecular weight is 584 g/mol. The second-order valence-corrected chi connectivity index (χ2v) is 8.84. The zero-order chi connectivity index (χ0) is 21.0. The van der Waals surface area contributed by atoms with Crippen molar-refractivity contribution in [1.82, 2.24) is 9.66 Å². The fourth-order valence-electron chi connectivity index (χ4n) is 2.76. The monoisotopic (exact) mass is 581 g/mol. The summed E-state index contributed by atoms with van der Waals surface area (Å²) in [6.07, 6.45) is 4.83. The van der Waals surface area contributed by atoms with Crippen molar-refractivity contribution in [3.05, 3.63) is 78.1 Å². The van der Waals surface area contributed by atoms with Crippen LogP contribution in [0.5, 0.6) is 5.75 Å². The van der Waals surface area contributed by atoms with Crippen LogP contribution in [0.2, 0.25) is 0 Å². The molecule has 1 aromatic heterocycles. The highest BCUT2D eigenvalue weighted by molar-refractivity contribution is 9.11. The summed E-state index contributed by atoms with van der Waals surface area (Å²) in [5, 5.41) is 4.97. The van der Waals surface area contributed by atoms with Crippen molar-refractivity contribution in [3.63, 3.8) is 0 Å². The van der Waals surface area contributed by atoms with Crippen LogP contribution in [-0.4, -0.2) is 22.5 Å². The Bertz CT molecular complexity index is 1130. The minimum absolute atomic E-state index is 0.194. The number of nitrogens with zero attached hydrogens (tertiary/aromatic N) is 3. The number of aryl methyl sites for hydroxylation is 1. The third kappa shape index (κ3) is 5.05. The van der Waals surface area contributed by atoms with Crippen LogP contribution in [0.3, 0.4) is 0 Å². The molecular formula is C21H18Br3N3O2. The Hall–Kier alpha value is -1.77. The van der Waals surface area contributed by atoms with Gasteiger partial charge in [0, 0.05) is 10.9 Å². The Balaban J connectivity index is 2.06. The predicted molar refractivity (Wildman–Crippen MR) is 128 cm³/mol. The highest BCUT2D eigenvalue weighted by Crippen LogP contribution is 2.34. The summed E-state index contributed by atoms with van der Waals surface area (Å²) in [5.41, 5.74) is 1.28. The van der Waals surface area contributed by atoms with Gasteiger partial charge in [0.05, 0.1) is 26.1 Å². The van der Waals surface area contributed by atoms with Gasteiger partial charge in [-0.25, -0.2) is 4.98 Å². The van der Waals surface area contributed by atoms with E-state index in [4.69, 9.17) is 4.74 Å². The highest BCUT2D eigenvalue weighted by atomic mass is 79.9. The van der Waals surface area contributed by atoms with Crippen LogP contribution in [-0.2, 0) is 6.42 Å². The van der Waals surface area contributed by atoms with Crippen molar-refractivity contribution < 1.29 is 4.74 Å². The molecule has 0 amide bonds. The first-order valence-electron chi connectivity index (χ1n) is 8.93. The van der Waals surface area contributed by atoms with E-state index in [1.165, 1.54) is 4.68 Å². The molecule has 0 saturated carbocycles. The van der Waals surface area contributed by atoms with E-state index in [1.54, 1.807) is 18.4 Å². The summed E-state index contributed by atoms with van der Waals surface area (Å²) in [6, 6.07) is 9.24. The number of hydrogen-bond acceptors (Lipinski definition) is 4. The molecule has 0 fully saturated rings. The van der Waals surface area contributed by atoms with Crippen LogP contribution >= 0.6 is 47.8 Å². The molecule has 0 N–H and O–H groups in total. The Morgan fingerprint density at radius 3 is 2.59 bits per heavy atom. The first-order valence-corrected chi connectivity index (χ1v) is 11.3. The number of ether oxygens (including phenoxy) is 1. The Kier molecular flexibility index (Phi) is 7.43. The molecule has 0 saturated heterocycles. The molecule has 29 heavy (non-hydrogen) atoms. The summed E-state index contributed by atoms with van der Waals surface area (Å²) in [5.74, 6) is 1.32. The molecule has 5 nitrogen and oxygen atoms in total. The topological polar surface area (TPSA) is 56.5 Å². The molecule has 2 aromatic carbocycles. The minimum Gasteiger partial charge on any atom is -0.487 e. The third-order valence-electron chi connectivity index (χ3n) is 4.04. The minimum atomic E-state index is -0.194. The lowest BCUT2D eigenvalue weighted by molar-refractivity contribution is 0.358. The van der Waals surface area contributed by atoms with Crippen LogP contribution in [0.15, 0.2) is 66.3 Å². The lowest BCUT2D eigenvalue weighted by Crippen LogP contribution is -2.22. The summed E-state index contributed by atoms with van der Waals surface area (Å²) >= 11 is 10.4. The van der Waals surface area contributed by atoms with E-state index >= 15 is 0 Å². The number of halogens is 3. The van der Waals surface area contributed by atoms with Gasteiger partial charge in [-0.2, -0.15) is 9.78 Å². The van der Waals surface area contributed by atoms with E-state index in [9.17, 15) is 4.79 Å². The molecule has 0 unspecified atom stereocenters. The van der Waals surface area contributed by atoms with Crippen molar-refractivity contribution in [2.45, 2.75) is 19.8 Å². The van der Waals surface area contributed by atoms with Gasteiger partial charge in [0.25, 0.3) is 5.56 Å². The third-order valence-corrected chi connectivity index (χ3v) is 5.71. The number of benzene rings is 2. The zero-order valence-electron chi connectivity index (χ0n) is 15.7. The van der Waals surface area contributed by atoms with Gasteiger partial charge in [-0.05, 0) is 74.2 Å². The number of rotatable bonds is 7. The second-order valence-electron chi connectivity index (χ2n) is 6.21. The van der Waals surface area contributed by atoms with Crippen LogP contribution in [0.1, 0.15) is 24.7 Å². The first-order chi connectivity index (χ1) is 13.9. The summed E-state index contributed by atoms with van der Waals surface area (Å²) in [4.78, 5) is 17.7. The molecule has 150 valence electrons. The molecule has 0 spiro atoms. The quantitative estimate of drug-likeness (QED) is 0.250. The van der Waals surface area contributed by atoms with E-state index in [1.807, 2.05) is 31.2 Å². The van der Waals surface area contributed by atoms with Crippen molar-refractivity contribution in [1.29, 1.82) is 0 Å². The molecule has 1 heterocycles. The van der Waals surface area contributed by atoms with Crippen LogP contribution < -0.4 is 10.3 Å². The maximum atomic E-state index is 13.0. The maximum Gasteiger partial charge on any atom is 0.282 e. The van der Waals surface area contributed by atoms with Gasteiger partial charge in [0.1, 0.15) is 18.2 Å². The molecule has 0 aliphatic rings. The first kappa shape index (κ1) is 21.9. The second kappa shape index (κ2) is 9.82. The van der Waals surface area contributed by atoms with Gasteiger partial charge >= 0.3 is 0 Å². The van der Waals surface area contributed by atoms with Crippen LogP contribution in [0, 0.1) is 0 Å². The number of hydrogen-bond donors (Lipinski definition) is 0. The maximum absolute atomic E-state index is 13.0.